The molecule has 156 valence electrons. The largest absolute Gasteiger partial charge is 0.497 e. The Kier molecular flexibility index (Phi) is 5.31. The van der Waals surface area contributed by atoms with E-state index in [4.69, 9.17) is 10.5 Å². The Morgan fingerprint density at radius 1 is 1.00 bits per heavy atom. The van der Waals surface area contributed by atoms with Crippen LogP contribution in [0.15, 0.2) is 88.8 Å². The molecule has 31 heavy (non-hydrogen) atoms. The Morgan fingerprint density at radius 3 is 2.45 bits per heavy atom. The molecule has 0 aliphatic rings. The number of carbonyl (C=O) groups is 1. The SMILES string of the molecule is COc1cccc(Nc2c(C(N)=O)cnc3c(S(=O)(=O)c4ccccc4)cccc23)c1. The lowest BCUT2D eigenvalue weighted by Gasteiger charge is -2.15. The zero-order valence-electron chi connectivity index (χ0n) is 16.6. The van der Waals surface area contributed by atoms with Crippen molar-refractivity contribution >= 4 is 38.0 Å². The predicted molar refractivity (Wildman–Crippen MR) is 118 cm³/mol. The highest BCUT2D eigenvalue weighted by molar-refractivity contribution is 7.91. The number of sulfone groups is 1. The summed E-state index contributed by atoms with van der Waals surface area (Å²) in [5.74, 6) is -0.0625. The molecule has 8 heteroatoms. The van der Waals surface area contributed by atoms with E-state index in [1.54, 1.807) is 61.7 Å². The second-order valence-electron chi connectivity index (χ2n) is 6.74. The third kappa shape index (κ3) is 3.80. The van der Waals surface area contributed by atoms with Crippen molar-refractivity contribution in [3.8, 4) is 5.75 Å². The summed E-state index contributed by atoms with van der Waals surface area (Å²) < 4.78 is 31.7. The minimum atomic E-state index is -3.83. The van der Waals surface area contributed by atoms with Gasteiger partial charge in [-0.2, -0.15) is 0 Å². The highest BCUT2D eigenvalue weighted by Crippen LogP contribution is 2.34. The minimum absolute atomic E-state index is 0.0425. The smallest absolute Gasteiger partial charge is 0.252 e. The fourth-order valence-corrected chi connectivity index (χ4v) is 4.75. The van der Waals surface area contributed by atoms with Crippen molar-refractivity contribution < 1.29 is 17.9 Å². The van der Waals surface area contributed by atoms with E-state index in [1.807, 2.05) is 0 Å². The second kappa shape index (κ2) is 8.08. The van der Waals surface area contributed by atoms with Gasteiger partial charge < -0.3 is 15.8 Å². The van der Waals surface area contributed by atoms with Gasteiger partial charge in [-0.05, 0) is 30.3 Å². The van der Waals surface area contributed by atoms with Gasteiger partial charge in [-0.3, -0.25) is 9.78 Å². The first-order valence-corrected chi connectivity index (χ1v) is 10.8. The van der Waals surface area contributed by atoms with Crippen LogP contribution in [0, 0.1) is 0 Å². The van der Waals surface area contributed by atoms with Crippen LogP contribution in [0.2, 0.25) is 0 Å². The molecule has 0 spiro atoms. The zero-order chi connectivity index (χ0) is 22.0. The average molecular weight is 433 g/mol. The van der Waals surface area contributed by atoms with E-state index in [0.717, 1.165) is 0 Å². The molecule has 1 amide bonds. The van der Waals surface area contributed by atoms with Crippen LogP contribution in [-0.2, 0) is 9.84 Å². The van der Waals surface area contributed by atoms with Crippen molar-refractivity contribution in [3.63, 3.8) is 0 Å². The lowest BCUT2D eigenvalue weighted by atomic mass is 10.1. The Balaban J connectivity index is 1.94. The molecule has 7 nitrogen and oxygen atoms in total. The number of nitrogens with two attached hydrogens (primary N) is 1. The summed E-state index contributed by atoms with van der Waals surface area (Å²) in [7, 11) is -2.27. The lowest BCUT2D eigenvalue weighted by Crippen LogP contribution is -2.14. The number of nitrogens with zero attached hydrogens (tertiary/aromatic N) is 1. The van der Waals surface area contributed by atoms with Crippen molar-refractivity contribution in [3.05, 3.63) is 84.6 Å². The number of benzene rings is 3. The van der Waals surface area contributed by atoms with Crippen molar-refractivity contribution in [1.82, 2.24) is 4.98 Å². The maximum absolute atomic E-state index is 13.3. The van der Waals surface area contributed by atoms with Crippen LogP contribution in [0.1, 0.15) is 10.4 Å². The second-order valence-corrected chi connectivity index (χ2v) is 8.65. The Hall–Kier alpha value is -3.91. The average Bonchev–Trinajstić information content (AvgIpc) is 2.79. The number of nitrogens with one attached hydrogen (secondary N) is 1. The first-order valence-electron chi connectivity index (χ1n) is 9.34. The van der Waals surface area contributed by atoms with Gasteiger partial charge in [0.25, 0.3) is 5.91 Å². The summed E-state index contributed by atoms with van der Waals surface area (Å²) in [6.45, 7) is 0. The van der Waals surface area contributed by atoms with Crippen LogP contribution < -0.4 is 15.8 Å². The van der Waals surface area contributed by atoms with Crippen LogP contribution in [0.4, 0.5) is 11.4 Å². The quantitative estimate of drug-likeness (QED) is 0.477. The topological polar surface area (TPSA) is 111 Å². The minimum Gasteiger partial charge on any atom is -0.497 e. The number of para-hydroxylation sites is 1. The number of pyridine rings is 1. The summed E-state index contributed by atoms with van der Waals surface area (Å²) in [5.41, 5.74) is 6.96. The normalized spacial score (nSPS) is 11.3. The highest BCUT2D eigenvalue weighted by Gasteiger charge is 2.23. The summed E-state index contributed by atoms with van der Waals surface area (Å²) in [6.07, 6.45) is 1.29. The number of carbonyl (C=O) groups excluding carboxylic acids is 1. The molecule has 0 saturated heterocycles. The van der Waals surface area contributed by atoms with Gasteiger partial charge in [0.2, 0.25) is 9.84 Å². The molecule has 0 unspecified atom stereocenters. The van der Waals surface area contributed by atoms with Gasteiger partial charge in [-0.15, -0.1) is 0 Å². The number of primary amides is 1. The fraction of sp³-hybridized carbons (Fsp3) is 0.0435. The fourth-order valence-electron chi connectivity index (χ4n) is 3.31. The van der Waals surface area contributed by atoms with Crippen LogP contribution >= 0.6 is 0 Å². The van der Waals surface area contributed by atoms with Crippen molar-refractivity contribution in [2.75, 3.05) is 12.4 Å². The monoisotopic (exact) mass is 433 g/mol. The molecule has 4 rings (SSSR count). The summed E-state index contributed by atoms with van der Waals surface area (Å²) in [4.78, 5) is 16.6. The molecule has 0 atom stereocenters. The third-order valence-corrected chi connectivity index (χ3v) is 6.61. The van der Waals surface area contributed by atoms with Gasteiger partial charge in [0.15, 0.2) is 0 Å². The van der Waals surface area contributed by atoms with E-state index in [-0.39, 0.29) is 20.9 Å². The van der Waals surface area contributed by atoms with Gasteiger partial charge in [0, 0.05) is 23.3 Å². The predicted octanol–water partition coefficient (Wildman–Crippen LogP) is 3.92. The third-order valence-electron chi connectivity index (χ3n) is 4.81. The number of amides is 1. The number of methoxy groups -OCH3 is 1. The zero-order valence-corrected chi connectivity index (χ0v) is 17.4. The van der Waals surface area contributed by atoms with Gasteiger partial charge in [-0.1, -0.05) is 36.4 Å². The van der Waals surface area contributed by atoms with E-state index < -0.39 is 15.7 Å². The van der Waals surface area contributed by atoms with E-state index >= 15 is 0 Å². The van der Waals surface area contributed by atoms with Crippen LogP contribution in [0.5, 0.6) is 5.75 Å². The molecule has 0 saturated carbocycles. The van der Waals surface area contributed by atoms with Crippen LogP contribution in [0.25, 0.3) is 10.9 Å². The molecule has 0 bridgehead atoms. The maximum Gasteiger partial charge on any atom is 0.252 e. The number of hydrogen-bond donors (Lipinski definition) is 2. The number of hydrogen-bond acceptors (Lipinski definition) is 6. The Morgan fingerprint density at radius 2 is 1.74 bits per heavy atom. The molecule has 1 heterocycles. The maximum atomic E-state index is 13.3. The van der Waals surface area contributed by atoms with E-state index in [0.29, 0.717) is 22.5 Å². The first-order chi connectivity index (χ1) is 14.9. The molecule has 0 radical (unpaired) electrons. The lowest BCUT2D eigenvalue weighted by molar-refractivity contribution is 0.100. The molecule has 1 aromatic heterocycles. The number of fused-ring (bicyclic) bond motifs is 1. The standard InChI is InChI=1S/C23H19N3O4S/c1-30-16-8-5-7-15(13-16)26-21-18-11-6-12-20(22(18)25-14-19(21)23(24)27)31(28,29)17-9-3-2-4-10-17/h2-14H,1H3,(H2,24,27)(H,25,26). The molecular formula is C23H19N3O4S. The highest BCUT2D eigenvalue weighted by atomic mass is 32.2. The molecule has 3 N–H and O–H groups in total. The van der Waals surface area contributed by atoms with Gasteiger partial charge in [0.1, 0.15) is 5.75 Å². The van der Waals surface area contributed by atoms with E-state index in [9.17, 15) is 13.2 Å². The summed E-state index contributed by atoms with van der Waals surface area (Å²) in [5, 5.41) is 3.63. The molecule has 0 fully saturated rings. The Labute approximate surface area is 179 Å². The molecule has 3 aromatic carbocycles. The number of aromatic nitrogens is 1. The van der Waals surface area contributed by atoms with E-state index in [1.165, 1.54) is 24.4 Å². The van der Waals surface area contributed by atoms with Crippen LogP contribution in [0.3, 0.4) is 0 Å². The molecular weight excluding hydrogens is 414 g/mol. The summed E-state index contributed by atoms with van der Waals surface area (Å²) >= 11 is 0. The van der Waals surface area contributed by atoms with Gasteiger partial charge >= 0.3 is 0 Å². The number of anilines is 2. The molecule has 0 aliphatic carbocycles. The van der Waals surface area contributed by atoms with Crippen molar-refractivity contribution in [2.24, 2.45) is 5.73 Å². The van der Waals surface area contributed by atoms with Crippen molar-refractivity contribution in [1.29, 1.82) is 0 Å². The molecule has 4 aromatic rings. The summed E-state index contributed by atoms with van der Waals surface area (Å²) in [6, 6.07) is 20.1. The van der Waals surface area contributed by atoms with E-state index in [2.05, 4.69) is 10.3 Å². The van der Waals surface area contributed by atoms with Gasteiger partial charge in [0.05, 0.1) is 33.7 Å². The Bertz CT molecular complexity index is 1390. The first kappa shape index (κ1) is 20.4. The van der Waals surface area contributed by atoms with Crippen LogP contribution in [-0.4, -0.2) is 26.4 Å². The van der Waals surface area contributed by atoms with Crippen molar-refractivity contribution in [2.45, 2.75) is 9.79 Å². The van der Waals surface area contributed by atoms with Gasteiger partial charge in [-0.25, -0.2) is 8.42 Å². The number of ether oxygens (including phenoxy) is 1. The molecule has 0 aliphatic heterocycles. The number of rotatable bonds is 6.